The molecule has 0 spiro atoms. The number of nitro benzene ring substituents is 1. The van der Waals surface area contributed by atoms with Gasteiger partial charge in [-0.15, -0.1) is 0 Å². The lowest BCUT2D eigenvalue weighted by molar-refractivity contribution is -0.385. The minimum absolute atomic E-state index is 0.116. The van der Waals surface area contributed by atoms with Gasteiger partial charge in [0.05, 0.1) is 30.4 Å². The number of rotatable bonds is 3. The van der Waals surface area contributed by atoms with Crippen molar-refractivity contribution in [1.29, 1.82) is 0 Å². The zero-order chi connectivity index (χ0) is 13.9. The fourth-order valence-electron chi connectivity index (χ4n) is 1.35. The van der Waals surface area contributed by atoms with Gasteiger partial charge in [0.25, 0.3) is 5.69 Å². The van der Waals surface area contributed by atoms with Gasteiger partial charge in [-0.1, -0.05) is 0 Å². The molecule has 0 atom stereocenters. The number of hydrogen-bond donors (Lipinski definition) is 1. The Labute approximate surface area is 101 Å². The lowest BCUT2D eigenvalue weighted by atomic mass is 10.1. The van der Waals surface area contributed by atoms with Gasteiger partial charge in [-0.25, -0.2) is 9.59 Å². The normalized spacial score (nSPS) is 9.67. The maximum atomic E-state index is 11.4. The van der Waals surface area contributed by atoms with E-state index in [1.807, 2.05) is 0 Å². The van der Waals surface area contributed by atoms with Crippen molar-refractivity contribution in [2.75, 3.05) is 20.0 Å². The number of ether oxygens (including phenoxy) is 2. The molecule has 18 heavy (non-hydrogen) atoms. The van der Waals surface area contributed by atoms with Crippen LogP contribution >= 0.6 is 0 Å². The van der Waals surface area contributed by atoms with Crippen LogP contribution in [0.3, 0.4) is 0 Å². The molecule has 0 aliphatic rings. The SMILES string of the molecule is COC(=O)c1cc(N)c(C(=O)OC)c([N+](=O)[O-])c1. The lowest BCUT2D eigenvalue weighted by Gasteiger charge is -2.07. The molecule has 0 fully saturated rings. The second-order valence-electron chi connectivity index (χ2n) is 3.20. The molecule has 1 rings (SSSR count). The predicted molar refractivity (Wildman–Crippen MR) is 60.2 cm³/mol. The molecule has 0 saturated carbocycles. The number of benzene rings is 1. The highest BCUT2D eigenvalue weighted by atomic mass is 16.6. The molecule has 0 heterocycles. The van der Waals surface area contributed by atoms with Gasteiger partial charge in [0.15, 0.2) is 5.56 Å². The van der Waals surface area contributed by atoms with Gasteiger partial charge in [0.1, 0.15) is 0 Å². The summed E-state index contributed by atoms with van der Waals surface area (Å²) in [5.74, 6) is -1.74. The molecule has 8 heteroatoms. The van der Waals surface area contributed by atoms with Gasteiger partial charge in [-0.2, -0.15) is 0 Å². The number of carbonyl (C=O) groups is 2. The molecule has 2 N–H and O–H groups in total. The van der Waals surface area contributed by atoms with Crippen molar-refractivity contribution in [2.24, 2.45) is 0 Å². The van der Waals surface area contributed by atoms with Crippen molar-refractivity contribution in [1.82, 2.24) is 0 Å². The summed E-state index contributed by atoms with van der Waals surface area (Å²) >= 11 is 0. The van der Waals surface area contributed by atoms with Gasteiger partial charge in [-0.3, -0.25) is 10.1 Å². The molecule has 1 aromatic carbocycles. The predicted octanol–water partition coefficient (Wildman–Crippen LogP) is 0.750. The summed E-state index contributed by atoms with van der Waals surface area (Å²) in [5.41, 5.74) is 4.17. The smallest absolute Gasteiger partial charge is 0.347 e. The van der Waals surface area contributed by atoms with Gasteiger partial charge in [0, 0.05) is 6.07 Å². The second kappa shape index (κ2) is 5.13. The molecule has 1 aromatic rings. The monoisotopic (exact) mass is 254 g/mol. The van der Waals surface area contributed by atoms with E-state index in [9.17, 15) is 19.7 Å². The number of nitro groups is 1. The van der Waals surface area contributed by atoms with Crippen molar-refractivity contribution in [2.45, 2.75) is 0 Å². The van der Waals surface area contributed by atoms with E-state index in [0.29, 0.717) is 0 Å². The maximum Gasteiger partial charge on any atom is 0.347 e. The van der Waals surface area contributed by atoms with Crippen LogP contribution in [0.1, 0.15) is 20.7 Å². The van der Waals surface area contributed by atoms with E-state index in [4.69, 9.17) is 5.73 Å². The van der Waals surface area contributed by atoms with Crippen LogP contribution < -0.4 is 5.73 Å². The molecular formula is C10H10N2O6. The molecular weight excluding hydrogens is 244 g/mol. The number of anilines is 1. The summed E-state index contributed by atoms with van der Waals surface area (Å²) in [6.07, 6.45) is 0. The Morgan fingerprint density at radius 2 is 1.78 bits per heavy atom. The zero-order valence-electron chi connectivity index (χ0n) is 9.63. The highest BCUT2D eigenvalue weighted by molar-refractivity contribution is 6.02. The molecule has 0 bridgehead atoms. The van der Waals surface area contributed by atoms with E-state index in [1.165, 1.54) is 0 Å². The molecule has 0 aromatic heterocycles. The maximum absolute atomic E-state index is 11.4. The second-order valence-corrected chi connectivity index (χ2v) is 3.20. The van der Waals surface area contributed by atoms with E-state index in [2.05, 4.69) is 9.47 Å². The van der Waals surface area contributed by atoms with Crippen LogP contribution in [0.25, 0.3) is 0 Å². The molecule has 0 saturated heterocycles. The van der Waals surface area contributed by atoms with Gasteiger partial charge < -0.3 is 15.2 Å². The highest BCUT2D eigenvalue weighted by Gasteiger charge is 2.26. The van der Waals surface area contributed by atoms with Crippen LogP contribution in [-0.4, -0.2) is 31.1 Å². The summed E-state index contributed by atoms with van der Waals surface area (Å²) in [4.78, 5) is 32.7. The third-order valence-electron chi connectivity index (χ3n) is 2.16. The minimum atomic E-state index is -0.949. The van der Waals surface area contributed by atoms with Crippen molar-refractivity contribution in [3.63, 3.8) is 0 Å². The number of nitrogens with zero attached hydrogens (tertiary/aromatic N) is 1. The van der Waals surface area contributed by atoms with E-state index in [-0.39, 0.29) is 11.3 Å². The van der Waals surface area contributed by atoms with Crippen molar-refractivity contribution in [3.05, 3.63) is 33.4 Å². The van der Waals surface area contributed by atoms with Crippen LogP contribution in [0, 0.1) is 10.1 Å². The van der Waals surface area contributed by atoms with E-state index >= 15 is 0 Å². The highest BCUT2D eigenvalue weighted by Crippen LogP contribution is 2.27. The third-order valence-corrected chi connectivity index (χ3v) is 2.16. The zero-order valence-corrected chi connectivity index (χ0v) is 9.63. The molecule has 0 aliphatic heterocycles. The van der Waals surface area contributed by atoms with E-state index in [1.54, 1.807) is 0 Å². The number of methoxy groups -OCH3 is 2. The van der Waals surface area contributed by atoms with Crippen LogP contribution in [0.4, 0.5) is 11.4 Å². The minimum Gasteiger partial charge on any atom is -0.465 e. The molecule has 0 amide bonds. The largest absolute Gasteiger partial charge is 0.465 e. The van der Waals surface area contributed by atoms with Crippen LogP contribution in [-0.2, 0) is 9.47 Å². The number of esters is 2. The summed E-state index contributed by atoms with van der Waals surface area (Å²) < 4.78 is 8.81. The fraction of sp³-hybridized carbons (Fsp3) is 0.200. The fourth-order valence-corrected chi connectivity index (χ4v) is 1.35. The average molecular weight is 254 g/mol. The number of nitrogens with two attached hydrogens (primary N) is 1. The standard InChI is InChI=1S/C10H10N2O6/c1-17-9(13)5-3-6(11)8(10(14)18-2)7(4-5)12(15)16/h3-4H,11H2,1-2H3. The van der Waals surface area contributed by atoms with Crippen molar-refractivity contribution < 1.29 is 24.0 Å². The molecule has 0 aliphatic carbocycles. The number of carbonyl (C=O) groups excluding carboxylic acids is 2. The first kappa shape index (κ1) is 13.4. The van der Waals surface area contributed by atoms with Crippen molar-refractivity contribution in [3.8, 4) is 0 Å². The Morgan fingerprint density at radius 3 is 2.22 bits per heavy atom. The Hall–Kier alpha value is -2.64. The van der Waals surface area contributed by atoms with Crippen LogP contribution in [0.2, 0.25) is 0 Å². The molecule has 0 radical (unpaired) electrons. The Morgan fingerprint density at radius 1 is 1.22 bits per heavy atom. The molecule has 96 valence electrons. The summed E-state index contributed by atoms with van der Waals surface area (Å²) in [5, 5.41) is 10.8. The first-order valence-corrected chi connectivity index (χ1v) is 4.67. The first-order valence-electron chi connectivity index (χ1n) is 4.67. The summed E-state index contributed by atoms with van der Waals surface area (Å²) in [7, 11) is 2.19. The van der Waals surface area contributed by atoms with Crippen LogP contribution in [0.15, 0.2) is 12.1 Å². The van der Waals surface area contributed by atoms with E-state index < -0.39 is 28.1 Å². The van der Waals surface area contributed by atoms with Crippen molar-refractivity contribution >= 4 is 23.3 Å². The Balaban J connectivity index is 3.50. The average Bonchev–Trinajstić information content (AvgIpc) is 2.35. The Bertz CT molecular complexity index is 525. The van der Waals surface area contributed by atoms with Gasteiger partial charge >= 0.3 is 11.9 Å². The Kier molecular flexibility index (Phi) is 3.82. The third kappa shape index (κ3) is 2.37. The van der Waals surface area contributed by atoms with E-state index in [0.717, 1.165) is 26.4 Å². The number of hydrogen-bond acceptors (Lipinski definition) is 7. The molecule has 0 unspecified atom stereocenters. The van der Waals surface area contributed by atoms with Crippen LogP contribution in [0.5, 0.6) is 0 Å². The number of nitrogen functional groups attached to an aromatic ring is 1. The molecule has 8 nitrogen and oxygen atoms in total. The quantitative estimate of drug-likeness (QED) is 0.365. The first-order chi connectivity index (χ1) is 8.42. The summed E-state index contributed by atoms with van der Waals surface area (Å²) in [6.45, 7) is 0. The lowest BCUT2D eigenvalue weighted by Crippen LogP contribution is -2.12. The van der Waals surface area contributed by atoms with Gasteiger partial charge in [-0.05, 0) is 6.07 Å². The topological polar surface area (TPSA) is 122 Å². The summed E-state index contributed by atoms with van der Waals surface area (Å²) in [6, 6.07) is 2.03. The van der Waals surface area contributed by atoms with Gasteiger partial charge in [0.2, 0.25) is 0 Å².